The van der Waals surface area contributed by atoms with Crippen molar-refractivity contribution in [2.75, 3.05) is 13.1 Å². The Balaban J connectivity index is 1.74. The first-order valence-corrected chi connectivity index (χ1v) is 3.87. The van der Waals surface area contributed by atoms with E-state index in [0.29, 0.717) is 6.04 Å². The van der Waals surface area contributed by atoms with Crippen molar-refractivity contribution in [3.63, 3.8) is 0 Å². The molecule has 0 bridgehead atoms. The van der Waals surface area contributed by atoms with Gasteiger partial charge in [-0.1, -0.05) is 0 Å². The van der Waals surface area contributed by atoms with E-state index >= 15 is 0 Å². The van der Waals surface area contributed by atoms with Gasteiger partial charge in [-0.2, -0.15) is 0 Å². The molecule has 3 nitrogen and oxygen atoms in total. The maximum absolute atomic E-state index is 11.1. The van der Waals surface area contributed by atoms with E-state index in [-0.39, 0.29) is 11.8 Å². The molecule has 1 amide bonds. The smallest absolute Gasteiger partial charge is 0.225 e. The lowest BCUT2D eigenvalue weighted by Gasteiger charge is -2.25. The molecule has 1 aliphatic heterocycles. The molecular formula is C7H12N2O. The maximum atomic E-state index is 11.1. The molecule has 2 rings (SSSR count). The molecular weight excluding hydrogens is 128 g/mol. The van der Waals surface area contributed by atoms with Crippen molar-refractivity contribution in [1.82, 2.24) is 10.6 Å². The minimum Gasteiger partial charge on any atom is -0.353 e. The monoisotopic (exact) mass is 140 g/mol. The highest BCUT2D eigenvalue weighted by Gasteiger charge is 2.30. The predicted octanol–water partition coefficient (Wildman–Crippen LogP) is -0.516. The van der Waals surface area contributed by atoms with Gasteiger partial charge >= 0.3 is 0 Å². The van der Waals surface area contributed by atoms with Crippen LogP contribution in [-0.4, -0.2) is 25.0 Å². The molecule has 0 spiro atoms. The Morgan fingerprint density at radius 2 is 2.10 bits per heavy atom. The number of rotatable bonds is 2. The summed E-state index contributed by atoms with van der Waals surface area (Å²) in [5.74, 6) is 0.516. The van der Waals surface area contributed by atoms with E-state index in [1.54, 1.807) is 0 Å². The molecule has 1 aliphatic carbocycles. The number of hydrogen-bond acceptors (Lipinski definition) is 2. The van der Waals surface area contributed by atoms with E-state index in [9.17, 15) is 4.79 Å². The zero-order valence-corrected chi connectivity index (χ0v) is 5.89. The lowest BCUT2D eigenvalue weighted by molar-refractivity contribution is -0.126. The highest BCUT2D eigenvalue weighted by atomic mass is 16.2. The molecule has 0 aromatic heterocycles. The fraction of sp³-hybridized carbons (Fsp3) is 0.857. The predicted molar refractivity (Wildman–Crippen MR) is 37.5 cm³/mol. The fourth-order valence-electron chi connectivity index (χ4n) is 1.02. The van der Waals surface area contributed by atoms with Gasteiger partial charge in [-0.25, -0.2) is 0 Å². The van der Waals surface area contributed by atoms with Crippen LogP contribution in [0.4, 0.5) is 0 Å². The zero-order chi connectivity index (χ0) is 6.97. The van der Waals surface area contributed by atoms with Crippen molar-refractivity contribution in [3.05, 3.63) is 0 Å². The molecule has 0 radical (unpaired) electrons. The summed E-state index contributed by atoms with van der Waals surface area (Å²) in [6.45, 7) is 1.75. The molecule has 0 unspecified atom stereocenters. The van der Waals surface area contributed by atoms with E-state index in [0.717, 1.165) is 13.1 Å². The SMILES string of the molecule is O=C(NC1CC1)C1CNC1. The Hall–Kier alpha value is -0.570. The summed E-state index contributed by atoms with van der Waals surface area (Å²) in [6, 6.07) is 0.521. The molecule has 2 N–H and O–H groups in total. The van der Waals surface area contributed by atoms with Crippen LogP contribution < -0.4 is 10.6 Å². The molecule has 1 saturated heterocycles. The van der Waals surface area contributed by atoms with Crippen molar-refractivity contribution in [2.24, 2.45) is 5.92 Å². The summed E-state index contributed by atoms with van der Waals surface area (Å²) >= 11 is 0. The topological polar surface area (TPSA) is 41.1 Å². The molecule has 3 heteroatoms. The fourth-order valence-corrected chi connectivity index (χ4v) is 1.02. The van der Waals surface area contributed by atoms with E-state index in [2.05, 4.69) is 10.6 Å². The van der Waals surface area contributed by atoms with Crippen LogP contribution in [0.15, 0.2) is 0 Å². The van der Waals surface area contributed by atoms with Gasteiger partial charge in [0.15, 0.2) is 0 Å². The third kappa shape index (κ3) is 1.14. The molecule has 0 aromatic rings. The molecule has 1 saturated carbocycles. The van der Waals surface area contributed by atoms with Gasteiger partial charge in [-0.3, -0.25) is 4.79 Å². The number of nitrogens with one attached hydrogen (secondary N) is 2. The Bertz CT molecular complexity index is 150. The maximum Gasteiger partial charge on any atom is 0.225 e. The Morgan fingerprint density at radius 3 is 2.50 bits per heavy atom. The highest BCUT2D eigenvalue weighted by molar-refractivity contribution is 5.80. The summed E-state index contributed by atoms with van der Waals surface area (Å²) in [4.78, 5) is 11.1. The average molecular weight is 140 g/mol. The van der Waals surface area contributed by atoms with Crippen LogP contribution in [0, 0.1) is 5.92 Å². The van der Waals surface area contributed by atoms with E-state index in [1.165, 1.54) is 12.8 Å². The lowest BCUT2D eigenvalue weighted by atomic mass is 10.0. The van der Waals surface area contributed by atoms with Crippen LogP contribution >= 0.6 is 0 Å². The molecule has 1 heterocycles. The Morgan fingerprint density at radius 1 is 1.40 bits per heavy atom. The molecule has 10 heavy (non-hydrogen) atoms. The Labute approximate surface area is 60.2 Å². The quantitative estimate of drug-likeness (QED) is 0.542. The van der Waals surface area contributed by atoms with Crippen molar-refractivity contribution >= 4 is 5.91 Å². The van der Waals surface area contributed by atoms with Crippen LogP contribution in [0.1, 0.15) is 12.8 Å². The van der Waals surface area contributed by atoms with Crippen LogP contribution in [0.5, 0.6) is 0 Å². The summed E-state index contributed by atoms with van der Waals surface area (Å²) in [7, 11) is 0. The second-order valence-electron chi connectivity index (χ2n) is 3.14. The van der Waals surface area contributed by atoms with Crippen LogP contribution in [0.25, 0.3) is 0 Å². The average Bonchev–Trinajstić information content (AvgIpc) is 2.43. The second-order valence-corrected chi connectivity index (χ2v) is 3.14. The van der Waals surface area contributed by atoms with Crippen LogP contribution in [0.2, 0.25) is 0 Å². The number of carbonyl (C=O) groups is 1. The number of amides is 1. The minimum absolute atomic E-state index is 0.251. The minimum atomic E-state index is 0.251. The first-order valence-electron chi connectivity index (χ1n) is 3.87. The standard InChI is InChI=1S/C7H12N2O/c10-7(5-3-8-4-5)9-6-1-2-6/h5-6,8H,1-4H2,(H,9,10). The zero-order valence-electron chi connectivity index (χ0n) is 5.89. The highest BCUT2D eigenvalue weighted by Crippen LogP contribution is 2.19. The van der Waals surface area contributed by atoms with Crippen molar-refractivity contribution in [3.8, 4) is 0 Å². The molecule has 2 aliphatic rings. The molecule has 0 atom stereocenters. The third-order valence-electron chi connectivity index (χ3n) is 2.08. The van der Waals surface area contributed by atoms with Crippen LogP contribution in [-0.2, 0) is 4.79 Å². The third-order valence-corrected chi connectivity index (χ3v) is 2.08. The van der Waals surface area contributed by atoms with Gasteiger partial charge in [0.25, 0.3) is 0 Å². The van der Waals surface area contributed by atoms with Gasteiger partial charge in [0.2, 0.25) is 5.91 Å². The lowest BCUT2D eigenvalue weighted by Crippen LogP contribution is -2.51. The van der Waals surface area contributed by atoms with Gasteiger partial charge in [-0.15, -0.1) is 0 Å². The van der Waals surface area contributed by atoms with Gasteiger partial charge in [0.1, 0.15) is 0 Å². The Kier molecular flexibility index (Phi) is 1.38. The van der Waals surface area contributed by atoms with Gasteiger partial charge in [0, 0.05) is 19.1 Å². The normalized spacial score (nSPS) is 25.6. The summed E-state index contributed by atoms with van der Waals surface area (Å²) < 4.78 is 0. The largest absolute Gasteiger partial charge is 0.353 e. The van der Waals surface area contributed by atoms with E-state index in [1.807, 2.05) is 0 Å². The van der Waals surface area contributed by atoms with Gasteiger partial charge < -0.3 is 10.6 Å². The van der Waals surface area contributed by atoms with Crippen molar-refractivity contribution < 1.29 is 4.79 Å². The number of hydrogen-bond donors (Lipinski definition) is 2. The second kappa shape index (κ2) is 2.23. The summed E-state index contributed by atoms with van der Waals surface area (Å²) in [5, 5.41) is 6.05. The molecule has 2 fully saturated rings. The summed E-state index contributed by atoms with van der Waals surface area (Å²) in [6.07, 6.45) is 2.37. The van der Waals surface area contributed by atoms with Crippen LogP contribution in [0.3, 0.4) is 0 Å². The summed E-state index contributed by atoms with van der Waals surface area (Å²) in [5.41, 5.74) is 0. The first kappa shape index (κ1) is 6.16. The van der Waals surface area contributed by atoms with Gasteiger partial charge in [-0.05, 0) is 12.8 Å². The van der Waals surface area contributed by atoms with Crippen molar-refractivity contribution in [1.29, 1.82) is 0 Å². The van der Waals surface area contributed by atoms with Crippen molar-refractivity contribution in [2.45, 2.75) is 18.9 Å². The number of carbonyl (C=O) groups excluding carboxylic acids is 1. The molecule has 56 valence electrons. The van der Waals surface area contributed by atoms with E-state index in [4.69, 9.17) is 0 Å². The van der Waals surface area contributed by atoms with Gasteiger partial charge in [0.05, 0.1) is 5.92 Å². The van der Waals surface area contributed by atoms with E-state index < -0.39 is 0 Å². The molecule has 0 aromatic carbocycles. The first-order chi connectivity index (χ1) is 4.86.